The van der Waals surface area contributed by atoms with Crippen molar-refractivity contribution in [2.75, 3.05) is 18.5 Å². The molecule has 0 atom stereocenters. The van der Waals surface area contributed by atoms with Crippen LogP contribution in [-0.2, 0) is 0 Å². The molecule has 2 heterocycles. The largest absolute Gasteiger partial charge is 0.507 e. The summed E-state index contributed by atoms with van der Waals surface area (Å²) in [5, 5.41) is 18.3. The first-order valence-electron chi connectivity index (χ1n) is 5.79. The van der Waals surface area contributed by atoms with Crippen molar-refractivity contribution in [3.63, 3.8) is 0 Å². The van der Waals surface area contributed by atoms with Crippen molar-refractivity contribution < 1.29 is 5.11 Å². The molecule has 1 N–H and O–H groups in total. The van der Waals surface area contributed by atoms with Gasteiger partial charge in [-0.2, -0.15) is 0 Å². The maximum atomic E-state index is 9.92. The number of hydrogen-bond donors (Lipinski definition) is 1. The lowest BCUT2D eigenvalue weighted by atomic mass is 10.1. The van der Waals surface area contributed by atoms with Crippen molar-refractivity contribution >= 4 is 11.6 Å². The molecule has 1 aromatic heterocycles. The molecule has 0 saturated heterocycles. The van der Waals surface area contributed by atoms with Crippen LogP contribution in [0, 0.1) is 0 Å². The summed E-state index contributed by atoms with van der Waals surface area (Å²) in [5.41, 5.74) is 2.50. The molecular formula is C14H13N3O. The molecule has 0 saturated carbocycles. The second kappa shape index (κ2) is 4.14. The maximum Gasteiger partial charge on any atom is 0.162 e. The molecule has 4 heteroatoms. The number of likely N-dealkylation sites (N-methyl/N-ethyl adjacent to an activating group) is 1. The van der Waals surface area contributed by atoms with E-state index in [4.69, 9.17) is 0 Å². The number of aliphatic hydroxyl groups excluding tert-OH is 1. The van der Waals surface area contributed by atoms with Crippen LogP contribution in [0.2, 0.25) is 0 Å². The standard InChI is InChI=1S/C14H13N3O/c1-17-8-7-13(18)11-9-12(15-16-14(11)17)10-5-3-2-4-6-10/h2-7,9,18H,8H2,1H3. The molecule has 2 aromatic rings. The van der Waals surface area contributed by atoms with E-state index in [0.29, 0.717) is 6.54 Å². The van der Waals surface area contributed by atoms with E-state index in [-0.39, 0.29) is 5.76 Å². The molecule has 4 nitrogen and oxygen atoms in total. The van der Waals surface area contributed by atoms with E-state index in [2.05, 4.69) is 10.2 Å². The van der Waals surface area contributed by atoms with Crippen molar-refractivity contribution in [1.82, 2.24) is 10.2 Å². The highest BCUT2D eigenvalue weighted by atomic mass is 16.3. The van der Waals surface area contributed by atoms with E-state index < -0.39 is 0 Å². The molecule has 0 unspecified atom stereocenters. The van der Waals surface area contributed by atoms with Crippen LogP contribution in [-0.4, -0.2) is 28.9 Å². The average Bonchev–Trinajstić information content (AvgIpc) is 2.44. The minimum atomic E-state index is 0.273. The first-order valence-corrected chi connectivity index (χ1v) is 5.79. The fourth-order valence-corrected chi connectivity index (χ4v) is 2.03. The predicted molar refractivity (Wildman–Crippen MR) is 71.3 cm³/mol. The molecule has 0 amide bonds. The van der Waals surface area contributed by atoms with Crippen LogP contribution >= 0.6 is 0 Å². The second-order valence-corrected chi connectivity index (χ2v) is 4.30. The van der Waals surface area contributed by atoms with Gasteiger partial charge in [0.25, 0.3) is 0 Å². The number of rotatable bonds is 1. The minimum absolute atomic E-state index is 0.273. The third kappa shape index (κ3) is 1.72. The molecule has 1 aliphatic heterocycles. The number of hydrogen-bond acceptors (Lipinski definition) is 4. The van der Waals surface area contributed by atoms with Crippen molar-refractivity contribution in [1.29, 1.82) is 0 Å². The summed E-state index contributed by atoms with van der Waals surface area (Å²) in [7, 11) is 1.93. The number of aliphatic hydroxyl groups is 1. The van der Waals surface area contributed by atoms with Gasteiger partial charge in [0, 0.05) is 19.2 Å². The van der Waals surface area contributed by atoms with Crippen LogP contribution in [0.1, 0.15) is 5.56 Å². The summed E-state index contributed by atoms with van der Waals surface area (Å²) < 4.78 is 0. The van der Waals surface area contributed by atoms with E-state index in [1.54, 1.807) is 6.08 Å². The zero-order chi connectivity index (χ0) is 12.5. The Hall–Kier alpha value is -2.36. The first-order chi connectivity index (χ1) is 8.75. The third-order valence-electron chi connectivity index (χ3n) is 3.04. The van der Waals surface area contributed by atoms with Crippen LogP contribution in [0.25, 0.3) is 17.0 Å². The van der Waals surface area contributed by atoms with E-state index in [1.165, 1.54) is 0 Å². The van der Waals surface area contributed by atoms with Gasteiger partial charge in [0.05, 0.1) is 11.3 Å². The lowest BCUT2D eigenvalue weighted by Gasteiger charge is -2.23. The monoisotopic (exact) mass is 239 g/mol. The topological polar surface area (TPSA) is 49.2 Å². The molecule has 0 aliphatic carbocycles. The smallest absolute Gasteiger partial charge is 0.162 e. The van der Waals surface area contributed by atoms with E-state index >= 15 is 0 Å². The number of anilines is 1. The Bertz CT molecular complexity index is 608. The molecular weight excluding hydrogens is 226 g/mol. The van der Waals surface area contributed by atoms with Crippen molar-refractivity contribution in [3.8, 4) is 11.3 Å². The average molecular weight is 239 g/mol. The normalized spacial score (nSPS) is 14.1. The third-order valence-corrected chi connectivity index (χ3v) is 3.04. The molecule has 0 bridgehead atoms. The van der Waals surface area contributed by atoms with Gasteiger partial charge in [-0.3, -0.25) is 0 Å². The molecule has 18 heavy (non-hydrogen) atoms. The van der Waals surface area contributed by atoms with Gasteiger partial charge in [0.2, 0.25) is 0 Å². The highest BCUT2D eigenvalue weighted by Gasteiger charge is 2.18. The fourth-order valence-electron chi connectivity index (χ4n) is 2.03. The van der Waals surface area contributed by atoms with Crippen LogP contribution in [0.3, 0.4) is 0 Å². The summed E-state index contributed by atoms with van der Waals surface area (Å²) in [6.07, 6.45) is 1.78. The van der Waals surface area contributed by atoms with Gasteiger partial charge in [0.15, 0.2) is 5.82 Å². The SMILES string of the molecule is CN1CC=C(O)c2cc(-c3ccccc3)nnc21. The van der Waals surface area contributed by atoms with Crippen molar-refractivity contribution in [3.05, 3.63) is 48.0 Å². The summed E-state index contributed by atoms with van der Waals surface area (Å²) in [6.45, 7) is 0.651. The van der Waals surface area contributed by atoms with Crippen molar-refractivity contribution in [2.24, 2.45) is 0 Å². The molecule has 0 spiro atoms. The Balaban J connectivity index is 2.12. The first kappa shape index (κ1) is 10.8. The van der Waals surface area contributed by atoms with E-state index in [9.17, 15) is 5.11 Å². The van der Waals surface area contributed by atoms with Crippen molar-refractivity contribution in [2.45, 2.75) is 0 Å². The predicted octanol–water partition coefficient (Wildman–Crippen LogP) is 2.49. The maximum absolute atomic E-state index is 9.92. The number of fused-ring (bicyclic) bond motifs is 1. The van der Waals surface area contributed by atoms with Crippen LogP contribution in [0.5, 0.6) is 0 Å². The van der Waals surface area contributed by atoms with Gasteiger partial charge in [0.1, 0.15) is 5.76 Å². The Labute approximate surface area is 105 Å². The molecule has 1 aromatic carbocycles. The van der Waals surface area contributed by atoms with Gasteiger partial charge in [-0.1, -0.05) is 30.3 Å². The van der Waals surface area contributed by atoms with Crippen LogP contribution in [0.4, 0.5) is 5.82 Å². The molecule has 3 rings (SSSR count). The number of benzene rings is 1. The molecule has 90 valence electrons. The van der Waals surface area contributed by atoms with Gasteiger partial charge >= 0.3 is 0 Å². The number of aromatic nitrogens is 2. The van der Waals surface area contributed by atoms with Gasteiger partial charge in [-0.25, -0.2) is 0 Å². The lowest BCUT2D eigenvalue weighted by molar-refractivity contribution is 0.507. The zero-order valence-corrected chi connectivity index (χ0v) is 10.0. The van der Waals surface area contributed by atoms with Gasteiger partial charge in [-0.15, -0.1) is 10.2 Å². The summed E-state index contributed by atoms with van der Waals surface area (Å²) in [6, 6.07) is 11.7. The van der Waals surface area contributed by atoms with E-state index in [0.717, 1.165) is 22.6 Å². The molecule has 0 fully saturated rings. The Morgan fingerprint density at radius 1 is 1.17 bits per heavy atom. The van der Waals surface area contributed by atoms with Gasteiger partial charge in [-0.05, 0) is 12.1 Å². The summed E-state index contributed by atoms with van der Waals surface area (Å²) >= 11 is 0. The Morgan fingerprint density at radius 3 is 2.72 bits per heavy atom. The minimum Gasteiger partial charge on any atom is -0.507 e. The highest BCUT2D eigenvalue weighted by molar-refractivity contribution is 5.76. The lowest BCUT2D eigenvalue weighted by Crippen LogP contribution is -2.23. The Kier molecular flexibility index (Phi) is 2.48. The van der Waals surface area contributed by atoms with Crippen LogP contribution < -0.4 is 4.90 Å². The molecule has 0 radical (unpaired) electrons. The van der Waals surface area contributed by atoms with Gasteiger partial charge < -0.3 is 10.0 Å². The quantitative estimate of drug-likeness (QED) is 0.830. The zero-order valence-electron chi connectivity index (χ0n) is 10.0. The molecule has 1 aliphatic rings. The second-order valence-electron chi connectivity index (χ2n) is 4.30. The number of nitrogens with zero attached hydrogens (tertiary/aromatic N) is 3. The summed E-state index contributed by atoms with van der Waals surface area (Å²) in [5.74, 6) is 0.991. The highest BCUT2D eigenvalue weighted by Crippen LogP contribution is 2.29. The van der Waals surface area contributed by atoms with E-state index in [1.807, 2.05) is 48.3 Å². The summed E-state index contributed by atoms with van der Waals surface area (Å²) in [4.78, 5) is 1.96. The Morgan fingerprint density at radius 2 is 1.94 bits per heavy atom. The fraction of sp³-hybridized carbons (Fsp3) is 0.143. The van der Waals surface area contributed by atoms with Crippen LogP contribution in [0.15, 0.2) is 42.5 Å².